The molecule has 7 heteroatoms. The molecule has 1 aromatic carbocycles. The van der Waals surface area contributed by atoms with E-state index in [2.05, 4.69) is 34.8 Å². The highest BCUT2D eigenvalue weighted by molar-refractivity contribution is 14.0. The van der Waals surface area contributed by atoms with E-state index in [0.717, 1.165) is 25.5 Å². The summed E-state index contributed by atoms with van der Waals surface area (Å²) in [5.41, 5.74) is 0.591. The molecule has 0 spiro atoms. The fourth-order valence-electron chi connectivity index (χ4n) is 2.26. The van der Waals surface area contributed by atoms with E-state index in [1.54, 1.807) is 25.3 Å². The lowest BCUT2D eigenvalue weighted by molar-refractivity contribution is 0.0954. The molecule has 6 nitrogen and oxygen atoms in total. The van der Waals surface area contributed by atoms with Crippen LogP contribution in [0, 0.1) is 5.92 Å². The summed E-state index contributed by atoms with van der Waals surface area (Å²) in [7, 11) is 1.59. The molecule has 3 N–H and O–H groups in total. The summed E-state index contributed by atoms with van der Waals surface area (Å²) >= 11 is 0. The lowest BCUT2D eigenvalue weighted by atomic mass is 10.1. The van der Waals surface area contributed by atoms with Gasteiger partial charge in [-0.05, 0) is 43.9 Å². The summed E-state index contributed by atoms with van der Waals surface area (Å²) in [5, 5.41) is 9.34. The highest BCUT2D eigenvalue weighted by Crippen LogP contribution is 2.12. The minimum atomic E-state index is -0.112. The van der Waals surface area contributed by atoms with Gasteiger partial charge in [0.05, 0.1) is 7.11 Å². The van der Waals surface area contributed by atoms with Gasteiger partial charge in [-0.2, -0.15) is 0 Å². The average Bonchev–Trinajstić information content (AvgIpc) is 2.61. The van der Waals surface area contributed by atoms with Crippen LogP contribution in [0.5, 0.6) is 5.75 Å². The van der Waals surface area contributed by atoms with Gasteiger partial charge in [-0.3, -0.25) is 9.79 Å². The molecule has 1 rings (SSSR count). The summed E-state index contributed by atoms with van der Waals surface area (Å²) in [4.78, 5) is 16.7. The van der Waals surface area contributed by atoms with Gasteiger partial charge in [0, 0.05) is 31.7 Å². The lowest BCUT2D eigenvalue weighted by Gasteiger charge is -2.12. The maximum atomic E-state index is 12.1. The molecule has 0 aliphatic heterocycles. The number of nitrogens with one attached hydrogen (secondary N) is 3. The van der Waals surface area contributed by atoms with Crippen molar-refractivity contribution in [3.05, 3.63) is 29.8 Å². The molecule has 0 bridgehead atoms. The van der Waals surface area contributed by atoms with Crippen LogP contribution in [0.4, 0.5) is 0 Å². The number of hydrogen-bond donors (Lipinski definition) is 3. The first-order chi connectivity index (χ1) is 12.1. The molecular formula is C19H33IN4O2. The molecule has 0 aliphatic carbocycles. The first-order valence-electron chi connectivity index (χ1n) is 9.01. The van der Waals surface area contributed by atoms with Crippen LogP contribution < -0.4 is 20.7 Å². The van der Waals surface area contributed by atoms with Crippen molar-refractivity contribution in [2.45, 2.75) is 33.6 Å². The molecule has 0 unspecified atom stereocenters. The van der Waals surface area contributed by atoms with Crippen molar-refractivity contribution in [3.63, 3.8) is 0 Å². The highest BCUT2D eigenvalue weighted by atomic mass is 127. The number of carbonyl (C=O) groups is 1. The van der Waals surface area contributed by atoms with Crippen molar-refractivity contribution in [2.24, 2.45) is 10.9 Å². The Hall–Kier alpha value is -1.51. The van der Waals surface area contributed by atoms with E-state index in [9.17, 15) is 4.79 Å². The minimum Gasteiger partial charge on any atom is -0.497 e. The van der Waals surface area contributed by atoms with Crippen molar-refractivity contribution in [1.82, 2.24) is 16.0 Å². The Morgan fingerprint density at radius 2 is 1.92 bits per heavy atom. The van der Waals surface area contributed by atoms with Crippen LogP contribution >= 0.6 is 24.0 Å². The largest absolute Gasteiger partial charge is 0.497 e. The number of nitrogens with zero attached hydrogens (tertiary/aromatic N) is 1. The Morgan fingerprint density at radius 3 is 2.58 bits per heavy atom. The van der Waals surface area contributed by atoms with E-state index in [1.807, 2.05) is 13.0 Å². The Bertz CT molecular complexity index is 550. The van der Waals surface area contributed by atoms with Crippen LogP contribution in [0.1, 0.15) is 44.0 Å². The fraction of sp³-hybridized carbons (Fsp3) is 0.579. The maximum absolute atomic E-state index is 12.1. The molecule has 0 heterocycles. The molecule has 0 saturated carbocycles. The molecule has 1 aromatic rings. The van der Waals surface area contributed by atoms with E-state index >= 15 is 0 Å². The van der Waals surface area contributed by atoms with Gasteiger partial charge in [0.2, 0.25) is 0 Å². The van der Waals surface area contributed by atoms with Gasteiger partial charge in [-0.1, -0.05) is 19.9 Å². The van der Waals surface area contributed by atoms with E-state index in [1.165, 1.54) is 6.42 Å². The van der Waals surface area contributed by atoms with E-state index in [-0.39, 0.29) is 29.9 Å². The van der Waals surface area contributed by atoms with Gasteiger partial charge in [0.15, 0.2) is 5.96 Å². The fourth-order valence-corrected chi connectivity index (χ4v) is 2.26. The van der Waals surface area contributed by atoms with Crippen LogP contribution in [0.15, 0.2) is 29.3 Å². The summed E-state index contributed by atoms with van der Waals surface area (Å²) in [6.45, 7) is 9.24. The van der Waals surface area contributed by atoms with Crippen molar-refractivity contribution in [1.29, 1.82) is 0 Å². The SMILES string of the molecule is CCNC(=NCCCC(C)C)NCCNC(=O)c1cccc(OC)c1.I. The zero-order valence-electron chi connectivity index (χ0n) is 16.3. The van der Waals surface area contributed by atoms with Crippen molar-refractivity contribution in [3.8, 4) is 5.75 Å². The number of halogens is 1. The highest BCUT2D eigenvalue weighted by Gasteiger charge is 2.06. The Morgan fingerprint density at radius 1 is 1.19 bits per heavy atom. The van der Waals surface area contributed by atoms with Crippen LogP contribution in [0.3, 0.4) is 0 Å². The second-order valence-corrected chi connectivity index (χ2v) is 6.21. The summed E-state index contributed by atoms with van der Waals surface area (Å²) < 4.78 is 5.13. The molecule has 1 amide bonds. The van der Waals surface area contributed by atoms with E-state index in [0.29, 0.717) is 30.3 Å². The van der Waals surface area contributed by atoms with E-state index < -0.39 is 0 Å². The number of methoxy groups -OCH3 is 1. The van der Waals surface area contributed by atoms with Crippen LogP contribution in [0.25, 0.3) is 0 Å². The second kappa shape index (κ2) is 14.6. The third kappa shape index (κ3) is 10.5. The molecule has 148 valence electrons. The molecule has 0 atom stereocenters. The third-order valence-electron chi connectivity index (χ3n) is 3.59. The Balaban J connectivity index is 0.00000625. The Kier molecular flexibility index (Phi) is 13.8. The van der Waals surface area contributed by atoms with Gasteiger partial charge in [0.25, 0.3) is 5.91 Å². The van der Waals surface area contributed by atoms with Crippen molar-refractivity contribution >= 4 is 35.8 Å². The average molecular weight is 476 g/mol. The van der Waals surface area contributed by atoms with Gasteiger partial charge in [0.1, 0.15) is 5.75 Å². The van der Waals surface area contributed by atoms with Crippen LogP contribution in [-0.4, -0.2) is 45.2 Å². The lowest BCUT2D eigenvalue weighted by Crippen LogP contribution is -2.41. The quantitative estimate of drug-likeness (QED) is 0.210. The van der Waals surface area contributed by atoms with Crippen LogP contribution in [0.2, 0.25) is 0 Å². The number of rotatable bonds is 10. The number of benzene rings is 1. The number of aliphatic imine (C=N–C) groups is 1. The first-order valence-corrected chi connectivity index (χ1v) is 9.01. The number of ether oxygens (including phenoxy) is 1. The third-order valence-corrected chi connectivity index (χ3v) is 3.59. The molecule has 26 heavy (non-hydrogen) atoms. The molecule has 0 aliphatic rings. The summed E-state index contributed by atoms with van der Waals surface area (Å²) in [6.07, 6.45) is 2.26. The molecule has 0 aromatic heterocycles. The monoisotopic (exact) mass is 476 g/mol. The summed E-state index contributed by atoms with van der Waals surface area (Å²) in [6, 6.07) is 7.12. The van der Waals surface area contributed by atoms with Gasteiger partial charge in [-0.15, -0.1) is 24.0 Å². The smallest absolute Gasteiger partial charge is 0.251 e. The number of carbonyl (C=O) groups excluding carboxylic acids is 1. The van der Waals surface area contributed by atoms with Crippen LogP contribution in [-0.2, 0) is 0 Å². The predicted octanol–water partition coefficient (Wildman–Crippen LogP) is 3.03. The molecule has 0 radical (unpaired) electrons. The van der Waals surface area contributed by atoms with Gasteiger partial charge >= 0.3 is 0 Å². The van der Waals surface area contributed by atoms with Crippen molar-refractivity contribution < 1.29 is 9.53 Å². The van der Waals surface area contributed by atoms with Gasteiger partial charge < -0.3 is 20.7 Å². The topological polar surface area (TPSA) is 74.8 Å². The minimum absolute atomic E-state index is 0. The van der Waals surface area contributed by atoms with Gasteiger partial charge in [-0.25, -0.2) is 0 Å². The number of hydrogen-bond acceptors (Lipinski definition) is 3. The maximum Gasteiger partial charge on any atom is 0.251 e. The normalized spacial score (nSPS) is 10.9. The number of amides is 1. The summed E-state index contributed by atoms with van der Waals surface area (Å²) in [5.74, 6) is 2.06. The molecule has 0 fully saturated rings. The standard InChI is InChI=1S/C19H32N4O2.HI/c1-5-20-19(22-11-7-8-15(2)3)23-13-12-21-18(24)16-9-6-10-17(14-16)25-4;/h6,9-10,14-15H,5,7-8,11-13H2,1-4H3,(H,21,24)(H2,20,22,23);1H. The molecular weight excluding hydrogens is 443 g/mol. The number of guanidine groups is 1. The second-order valence-electron chi connectivity index (χ2n) is 6.21. The predicted molar refractivity (Wildman–Crippen MR) is 119 cm³/mol. The molecule has 0 saturated heterocycles. The van der Waals surface area contributed by atoms with E-state index in [4.69, 9.17) is 4.74 Å². The zero-order valence-corrected chi connectivity index (χ0v) is 18.6. The Labute approximate surface area is 174 Å². The zero-order chi connectivity index (χ0) is 18.5. The van der Waals surface area contributed by atoms with Crippen molar-refractivity contribution in [2.75, 3.05) is 33.3 Å². The first kappa shape index (κ1) is 24.5.